The number of β-lactam (4-membered cyclic amide) rings is 1. The molecule has 3 rings (SSSR count). The highest BCUT2D eigenvalue weighted by atomic mass is 32.2. The molecule has 6 heteroatoms. The van der Waals surface area contributed by atoms with E-state index in [-0.39, 0.29) is 17.2 Å². The third kappa shape index (κ3) is 2.45. The van der Waals surface area contributed by atoms with Gasteiger partial charge in [0.15, 0.2) is 0 Å². The Hall–Kier alpha value is -1.79. The third-order valence-electron chi connectivity index (χ3n) is 3.81. The van der Waals surface area contributed by atoms with Crippen LogP contribution in [-0.4, -0.2) is 33.9 Å². The van der Waals surface area contributed by atoms with Gasteiger partial charge in [-0.1, -0.05) is 36.4 Å². The van der Waals surface area contributed by atoms with Gasteiger partial charge in [0, 0.05) is 11.4 Å². The summed E-state index contributed by atoms with van der Waals surface area (Å²) >= 11 is 1.65. The summed E-state index contributed by atoms with van der Waals surface area (Å²) in [6.07, 6.45) is 2.02. The van der Waals surface area contributed by atoms with Crippen molar-refractivity contribution in [3.63, 3.8) is 0 Å². The lowest BCUT2D eigenvalue weighted by atomic mass is 10.0. The van der Waals surface area contributed by atoms with E-state index < -0.39 is 12.1 Å². The number of allylic oxidation sites excluding steroid dienone is 1. The van der Waals surface area contributed by atoms with Gasteiger partial charge in [-0.3, -0.25) is 14.5 Å². The van der Waals surface area contributed by atoms with Crippen molar-refractivity contribution in [3.8, 4) is 0 Å². The minimum atomic E-state index is -0.752. The van der Waals surface area contributed by atoms with Gasteiger partial charge < -0.3 is 11.1 Å². The predicted octanol–water partition coefficient (Wildman–Crippen LogP) is 0.990. The van der Waals surface area contributed by atoms with Crippen molar-refractivity contribution >= 4 is 23.6 Å². The van der Waals surface area contributed by atoms with E-state index in [0.717, 1.165) is 17.0 Å². The van der Waals surface area contributed by atoms with Crippen molar-refractivity contribution < 1.29 is 9.59 Å². The van der Waals surface area contributed by atoms with E-state index in [4.69, 9.17) is 5.73 Å². The van der Waals surface area contributed by atoms with Gasteiger partial charge in [0.05, 0.1) is 0 Å². The second-order valence-corrected chi connectivity index (χ2v) is 6.30. The summed E-state index contributed by atoms with van der Waals surface area (Å²) in [4.78, 5) is 26.1. The molecule has 3 N–H and O–H groups in total. The Morgan fingerprint density at radius 1 is 1.43 bits per heavy atom. The molecule has 0 saturated carbocycles. The van der Waals surface area contributed by atoms with Gasteiger partial charge >= 0.3 is 0 Å². The van der Waals surface area contributed by atoms with Crippen LogP contribution in [0.25, 0.3) is 0 Å². The number of amides is 2. The molecule has 0 bridgehead atoms. The third-order valence-corrected chi connectivity index (χ3v) is 4.99. The number of hydrogen-bond acceptors (Lipinski definition) is 4. The lowest BCUT2D eigenvalue weighted by Gasteiger charge is -2.49. The average Bonchev–Trinajstić information content (AvgIpc) is 2.51. The number of thioether (sulfide) groups is 1. The molecule has 1 fully saturated rings. The van der Waals surface area contributed by atoms with Gasteiger partial charge in [-0.15, -0.1) is 11.8 Å². The predicted molar refractivity (Wildman–Crippen MR) is 82.2 cm³/mol. The highest BCUT2D eigenvalue weighted by Crippen LogP contribution is 2.37. The maximum Gasteiger partial charge on any atom is 0.253 e. The fraction of sp³-hybridized carbons (Fsp3) is 0.333. The zero-order valence-electron chi connectivity index (χ0n) is 11.7. The largest absolute Gasteiger partial charge is 0.340 e. The maximum atomic E-state index is 12.2. The molecule has 3 unspecified atom stereocenters. The van der Waals surface area contributed by atoms with E-state index in [9.17, 15) is 9.59 Å². The quantitative estimate of drug-likeness (QED) is 0.817. The molecule has 1 saturated heterocycles. The van der Waals surface area contributed by atoms with Crippen LogP contribution in [0.1, 0.15) is 18.5 Å². The first-order chi connectivity index (χ1) is 10.1. The van der Waals surface area contributed by atoms with Crippen LogP contribution in [0.5, 0.6) is 0 Å². The minimum absolute atomic E-state index is 0.00516. The number of carbonyl (C=O) groups is 2. The molecule has 2 aliphatic rings. The van der Waals surface area contributed by atoms with Gasteiger partial charge in [-0.2, -0.15) is 0 Å². The van der Waals surface area contributed by atoms with Crippen molar-refractivity contribution in [2.45, 2.75) is 24.4 Å². The fourth-order valence-electron chi connectivity index (χ4n) is 2.56. The monoisotopic (exact) mass is 303 g/mol. The summed E-state index contributed by atoms with van der Waals surface area (Å²) in [5, 5.41) is 2.78. The maximum absolute atomic E-state index is 12.2. The van der Waals surface area contributed by atoms with Crippen molar-refractivity contribution in [1.82, 2.24) is 10.2 Å². The molecule has 110 valence electrons. The molecular formula is C15H17N3O2S. The first kappa shape index (κ1) is 14.2. The van der Waals surface area contributed by atoms with Crippen molar-refractivity contribution in [3.05, 3.63) is 47.7 Å². The SMILES string of the molecule is CC1=CCSC2C(NC(=O)C(N)c3ccccc3)C(=O)N12. The number of rotatable bonds is 3. The van der Waals surface area contributed by atoms with Crippen LogP contribution in [0.4, 0.5) is 0 Å². The zero-order valence-corrected chi connectivity index (χ0v) is 12.5. The average molecular weight is 303 g/mol. The van der Waals surface area contributed by atoms with Crippen LogP contribution in [0.2, 0.25) is 0 Å². The van der Waals surface area contributed by atoms with E-state index >= 15 is 0 Å². The van der Waals surface area contributed by atoms with E-state index in [1.165, 1.54) is 0 Å². The van der Waals surface area contributed by atoms with Gasteiger partial charge in [0.1, 0.15) is 17.5 Å². The van der Waals surface area contributed by atoms with E-state index in [1.807, 2.05) is 31.2 Å². The van der Waals surface area contributed by atoms with Crippen LogP contribution in [-0.2, 0) is 9.59 Å². The Morgan fingerprint density at radius 3 is 2.86 bits per heavy atom. The van der Waals surface area contributed by atoms with Gasteiger partial charge in [-0.25, -0.2) is 0 Å². The topological polar surface area (TPSA) is 75.4 Å². The molecule has 1 aromatic rings. The lowest BCUT2D eigenvalue weighted by Crippen LogP contribution is -2.69. The summed E-state index contributed by atoms with van der Waals surface area (Å²) in [5.74, 6) is 0.485. The molecule has 0 spiro atoms. The molecule has 1 aromatic carbocycles. The minimum Gasteiger partial charge on any atom is -0.340 e. The number of nitrogens with one attached hydrogen (secondary N) is 1. The van der Waals surface area contributed by atoms with Crippen LogP contribution in [0, 0.1) is 0 Å². The van der Waals surface area contributed by atoms with E-state index in [0.29, 0.717) is 0 Å². The van der Waals surface area contributed by atoms with E-state index in [2.05, 4.69) is 5.32 Å². The first-order valence-electron chi connectivity index (χ1n) is 6.82. The Bertz CT molecular complexity index is 602. The molecule has 0 radical (unpaired) electrons. The molecule has 3 atom stereocenters. The van der Waals surface area contributed by atoms with Gasteiger partial charge in [0.2, 0.25) is 5.91 Å². The van der Waals surface area contributed by atoms with Crippen LogP contribution in [0.15, 0.2) is 42.1 Å². The zero-order chi connectivity index (χ0) is 15.0. The molecule has 2 amide bonds. The number of nitrogens with zero attached hydrogens (tertiary/aromatic N) is 1. The van der Waals surface area contributed by atoms with Crippen molar-refractivity contribution in [2.75, 3.05) is 5.75 Å². The summed E-state index contributed by atoms with van der Waals surface area (Å²) in [6, 6.07) is 7.94. The Balaban J connectivity index is 1.67. The van der Waals surface area contributed by atoms with Gasteiger partial charge in [0.25, 0.3) is 5.91 Å². The first-order valence-corrected chi connectivity index (χ1v) is 7.87. The molecule has 0 aliphatic carbocycles. The highest BCUT2D eigenvalue weighted by Gasteiger charge is 2.50. The second-order valence-electron chi connectivity index (χ2n) is 5.15. The second kappa shape index (κ2) is 5.54. The van der Waals surface area contributed by atoms with Crippen LogP contribution < -0.4 is 11.1 Å². The van der Waals surface area contributed by atoms with Crippen molar-refractivity contribution in [1.29, 1.82) is 0 Å². The van der Waals surface area contributed by atoms with Crippen LogP contribution in [0.3, 0.4) is 0 Å². The Labute approximate surface area is 127 Å². The summed E-state index contributed by atoms with van der Waals surface area (Å²) < 4.78 is 0. The van der Waals surface area contributed by atoms with Gasteiger partial charge in [-0.05, 0) is 12.5 Å². The molecule has 5 nitrogen and oxygen atoms in total. The Morgan fingerprint density at radius 2 is 2.14 bits per heavy atom. The smallest absolute Gasteiger partial charge is 0.253 e. The number of fused-ring (bicyclic) bond motifs is 1. The normalized spacial score (nSPS) is 25.5. The number of nitrogens with two attached hydrogens (primary N) is 1. The summed E-state index contributed by atoms with van der Waals surface area (Å²) in [7, 11) is 0. The number of carbonyl (C=O) groups excluding carboxylic acids is 2. The Kier molecular flexibility index (Phi) is 3.73. The summed E-state index contributed by atoms with van der Waals surface area (Å²) in [5.41, 5.74) is 7.65. The molecule has 21 heavy (non-hydrogen) atoms. The number of benzene rings is 1. The van der Waals surface area contributed by atoms with E-state index in [1.54, 1.807) is 28.8 Å². The van der Waals surface area contributed by atoms with Crippen molar-refractivity contribution in [2.24, 2.45) is 5.73 Å². The lowest BCUT2D eigenvalue weighted by molar-refractivity contribution is -0.146. The summed E-state index contributed by atoms with van der Waals surface area (Å²) in [6.45, 7) is 1.92. The standard InChI is InChI=1S/C15H17N3O2S/c1-9-7-8-21-15-12(14(20)18(9)15)17-13(19)11(16)10-5-3-2-4-6-10/h2-7,11-12,15H,8,16H2,1H3,(H,17,19). The molecular weight excluding hydrogens is 286 g/mol. The molecule has 2 aliphatic heterocycles. The highest BCUT2D eigenvalue weighted by molar-refractivity contribution is 8.00. The van der Waals surface area contributed by atoms with Crippen LogP contribution >= 0.6 is 11.8 Å². The molecule has 0 aromatic heterocycles. The number of hydrogen-bond donors (Lipinski definition) is 2. The molecule has 2 heterocycles. The fourth-order valence-corrected chi connectivity index (χ4v) is 3.89.